The minimum Gasteiger partial charge on any atom is -0.350 e. The Hall–Kier alpha value is -2.28. The zero-order chi connectivity index (χ0) is 14.5. The molecular weight excluding hydrogens is 268 g/mol. The Morgan fingerprint density at radius 1 is 1.33 bits per heavy atom. The van der Waals surface area contributed by atoms with E-state index in [-0.39, 0.29) is 5.91 Å². The third-order valence-corrected chi connectivity index (χ3v) is 3.66. The highest BCUT2D eigenvalue weighted by Gasteiger charge is 2.14. The van der Waals surface area contributed by atoms with Gasteiger partial charge in [0, 0.05) is 18.2 Å². The molecule has 2 heterocycles. The van der Waals surface area contributed by atoms with Crippen molar-refractivity contribution in [2.45, 2.75) is 25.3 Å². The number of rotatable bonds is 4. The molecule has 1 aliphatic heterocycles. The highest BCUT2D eigenvalue weighted by atomic mass is 16.1. The van der Waals surface area contributed by atoms with Gasteiger partial charge >= 0.3 is 0 Å². The first-order valence-corrected chi connectivity index (χ1v) is 7.18. The van der Waals surface area contributed by atoms with Gasteiger partial charge in [-0.05, 0) is 54.1 Å². The summed E-state index contributed by atoms with van der Waals surface area (Å²) in [5.41, 5.74) is 1.47. The van der Waals surface area contributed by atoms with E-state index in [4.69, 9.17) is 0 Å². The molecule has 1 aromatic heterocycles. The van der Waals surface area contributed by atoms with E-state index in [2.05, 4.69) is 26.2 Å². The molecule has 1 saturated heterocycles. The van der Waals surface area contributed by atoms with Gasteiger partial charge in [0.05, 0.1) is 5.69 Å². The number of benzene rings is 1. The number of amides is 1. The zero-order valence-electron chi connectivity index (χ0n) is 11.7. The van der Waals surface area contributed by atoms with Crippen LogP contribution in [-0.4, -0.2) is 45.2 Å². The third-order valence-electron chi connectivity index (χ3n) is 3.66. The quantitative estimate of drug-likeness (QED) is 0.856. The molecule has 0 aliphatic carbocycles. The molecule has 1 aliphatic rings. The molecule has 0 bridgehead atoms. The second-order valence-electron chi connectivity index (χ2n) is 5.16. The maximum atomic E-state index is 12.1. The van der Waals surface area contributed by atoms with Gasteiger partial charge in [0.15, 0.2) is 0 Å². The van der Waals surface area contributed by atoms with Crippen molar-refractivity contribution in [3.63, 3.8) is 0 Å². The smallest absolute Gasteiger partial charge is 0.251 e. The Bertz CT molecular complexity index is 574. The van der Waals surface area contributed by atoms with Crippen molar-refractivity contribution >= 4 is 5.91 Å². The monoisotopic (exact) mass is 286 g/mol. The molecule has 110 valence electrons. The summed E-state index contributed by atoms with van der Waals surface area (Å²) >= 11 is 0. The highest BCUT2D eigenvalue weighted by Crippen LogP contribution is 2.09. The Morgan fingerprint density at radius 2 is 2.19 bits per heavy atom. The van der Waals surface area contributed by atoms with E-state index in [1.807, 2.05) is 12.1 Å². The van der Waals surface area contributed by atoms with Crippen LogP contribution in [0.3, 0.4) is 0 Å². The number of nitrogens with one attached hydrogen (secondary N) is 2. The summed E-state index contributed by atoms with van der Waals surface area (Å²) in [5.74, 6) is -0.0503. The maximum Gasteiger partial charge on any atom is 0.251 e. The Morgan fingerprint density at radius 3 is 2.86 bits per heavy atom. The predicted molar refractivity (Wildman–Crippen MR) is 77.1 cm³/mol. The number of hydrogen-bond donors (Lipinski definition) is 2. The number of piperidine rings is 1. The van der Waals surface area contributed by atoms with Crippen LogP contribution >= 0.6 is 0 Å². The number of tetrazole rings is 1. The van der Waals surface area contributed by atoms with Gasteiger partial charge in [-0.25, -0.2) is 4.68 Å². The molecule has 7 nitrogen and oxygen atoms in total. The Kier molecular flexibility index (Phi) is 4.20. The first-order chi connectivity index (χ1) is 10.3. The Labute approximate surface area is 122 Å². The predicted octanol–water partition coefficient (Wildman–Crippen LogP) is 0.534. The van der Waals surface area contributed by atoms with Crippen molar-refractivity contribution in [1.82, 2.24) is 30.8 Å². The van der Waals surface area contributed by atoms with Crippen LogP contribution in [0.1, 0.15) is 29.6 Å². The summed E-state index contributed by atoms with van der Waals surface area (Å²) in [6.45, 7) is 1.72. The number of aromatic nitrogens is 4. The molecule has 0 radical (unpaired) electrons. The summed E-state index contributed by atoms with van der Waals surface area (Å²) < 4.78 is 1.55. The van der Waals surface area contributed by atoms with Gasteiger partial charge in [-0.2, -0.15) is 0 Å². The van der Waals surface area contributed by atoms with Gasteiger partial charge in [0.25, 0.3) is 5.91 Å². The lowest BCUT2D eigenvalue weighted by atomic mass is 10.1. The average molecular weight is 286 g/mol. The van der Waals surface area contributed by atoms with E-state index in [1.54, 1.807) is 16.8 Å². The highest BCUT2D eigenvalue weighted by molar-refractivity contribution is 5.94. The molecule has 2 N–H and O–H groups in total. The Balaban J connectivity index is 1.57. The molecular formula is C14H18N6O. The SMILES string of the molecule is O=C(NCC1CCCCN1)c1ccc(-n2cnnn2)cc1. The van der Waals surface area contributed by atoms with Crippen LogP contribution < -0.4 is 10.6 Å². The molecule has 3 rings (SSSR count). The minimum absolute atomic E-state index is 0.0503. The fourth-order valence-electron chi connectivity index (χ4n) is 2.46. The lowest BCUT2D eigenvalue weighted by Crippen LogP contribution is -2.43. The molecule has 7 heteroatoms. The van der Waals surface area contributed by atoms with Crippen LogP contribution in [0.2, 0.25) is 0 Å². The van der Waals surface area contributed by atoms with Gasteiger partial charge in [-0.1, -0.05) is 6.42 Å². The first-order valence-electron chi connectivity index (χ1n) is 7.18. The van der Waals surface area contributed by atoms with Crippen LogP contribution in [-0.2, 0) is 0 Å². The van der Waals surface area contributed by atoms with Crippen LogP contribution in [0.4, 0.5) is 0 Å². The normalized spacial score (nSPS) is 18.4. The van der Waals surface area contributed by atoms with Crippen LogP contribution in [0.25, 0.3) is 5.69 Å². The lowest BCUT2D eigenvalue weighted by molar-refractivity contribution is 0.0948. The largest absolute Gasteiger partial charge is 0.350 e. The fourth-order valence-corrected chi connectivity index (χ4v) is 2.46. The summed E-state index contributed by atoms with van der Waals surface area (Å²) in [6.07, 6.45) is 5.10. The fraction of sp³-hybridized carbons (Fsp3) is 0.429. The average Bonchev–Trinajstić information content (AvgIpc) is 3.08. The molecule has 1 amide bonds. The third kappa shape index (κ3) is 3.43. The van der Waals surface area contributed by atoms with E-state index < -0.39 is 0 Å². The second kappa shape index (κ2) is 6.45. The summed E-state index contributed by atoms with van der Waals surface area (Å²) in [6, 6.07) is 7.60. The zero-order valence-corrected chi connectivity index (χ0v) is 11.7. The van der Waals surface area contributed by atoms with Crippen LogP contribution in [0.5, 0.6) is 0 Å². The van der Waals surface area contributed by atoms with Gasteiger partial charge in [-0.15, -0.1) is 5.10 Å². The van der Waals surface area contributed by atoms with E-state index >= 15 is 0 Å². The van der Waals surface area contributed by atoms with Gasteiger partial charge in [-0.3, -0.25) is 4.79 Å². The van der Waals surface area contributed by atoms with Gasteiger partial charge < -0.3 is 10.6 Å². The molecule has 2 aromatic rings. The van der Waals surface area contributed by atoms with Gasteiger partial charge in [0.1, 0.15) is 6.33 Å². The van der Waals surface area contributed by atoms with E-state index in [1.165, 1.54) is 19.2 Å². The second-order valence-corrected chi connectivity index (χ2v) is 5.16. The molecule has 1 aromatic carbocycles. The van der Waals surface area contributed by atoms with E-state index in [0.29, 0.717) is 18.2 Å². The minimum atomic E-state index is -0.0503. The van der Waals surface area contributed by atoms with Crippen molar-refractivity contribution < 1.29 is 4.79 Å². The molecule has 1 atom stereocenters. The molecule has 21 heavy (non-hydrogen) atoms. The summed E-state index contributed by atoms with van der Waals surface area (Å²) in [7, 11) is 0. The van der Waals surface area contributed by atoms with Crippen molar-refractivity contribution in [2.24, 2.45) is 0 Å². The molecule has 1 unspecified atom stereocenters. The summed E-state index contributed by atoms with van der Waals surface area (Å²) in [4.78, 5) is 12.1. The van der Waals surface area contributed by atoms with Crippen molar-refractivity contribution in [1.29, 1.82) is 0 Å². The van der Waals surface area contributed by atoms with Crippen molar-refractivity contribution in [3.8, 4) is 5.69 Å². The molecule has 1 fully saturated rings. The van der Waals surface area contributed by atoms with Crippen LogP contribution in [0, 0.1) is 0 Å². The molecule has 0 spiro atoms. The maximum absolute atomic E-state index is 12.1. The first kappa shape index (κ1) is 13.7. The summed E-state index contributed by atoms with van der Waals surface area (Å²) in [5, 5.41) is 17.4. The van der Waals surface area contributed by atoms with Crippen molar-refractivity contribution in [2.75, 3.05) is 13.1 Å². The number of carbonyl (C=O) groups is 1. The lowest BCUT2D eigenvalue weighted by Gasteiger charge is -2.23. The number of carbonyl (C=O) groups excluding carboxylic acids is 1. The standard InChI is InChI=1S/C14H18N6O/c21-14(16-9-12-3-1-2-8-15-12)11-4-6-13(7-5-11)20-10-17-18-19-20/h4-7,10,12,15H,1-3,8-9H2,(H,16,21). The van der Waals surface area contributed by atoms with Gasteiger partial charge in [0.2, 0.25) is 0 Å². The number of nitrogens with zero attached hydrogens (tertiary/aromatic N) is 4. The number of hydrogen-bond acceptors (Lipinski definition) is 5. The van der Waals surface area contributed by atoms with E-state index in [9.17, 15) is 4.79 Å². The van der Waals surface area contributed by atoms with Crippen molar-refractivity contribution in [3.05, 3.63) is 36.2 Å². The van der Waals surface area contributed by atoms with Crippen LogP contribution in [0.15, 0.2) is 30.6 Å². The van der Waals surface area contributed by atoms with E-state index in [0.717, 1.165) is 18.7 Å². The topological polar surface area (TPSA) is 84.7 Å². The molecule has 0 saturated carbocycles.